The third kappa shape index (κ3) is 4.96. The summed E-state index contributed by atoms with van der Waals surface area (Å²) >= 11 is 0. The zero-order chi connectivity index (χ0) is 20.1. The Hall–Kier alpha value is -2.41. The highest BCUT2D eigenvalue weighted by Gasteiger charge is 2.36. The summed E-state index contributed by atoms with van der Waals surface area (Å²) in [4.78, 5) is 16.3. The average Bonchev–Trinajstić information content (AvgIpc) is 2.78. The number of methoxy groups -OCH3 is 1. The topological polar surface area (TPSA) is 51.2 Å². The van der Waals surface area contributed by atoms with Gasteiger partial charge in [-0.05, 0) is 23.3 Å². The van der Waals surface area contributed by atoms with Crippen molar-refractivity contribution in [3.63, 3.8) is 0 Å². The molecule has 0 bridgehead atoms. The maximum absolute atomic E-state index is 11.2. The third-order valence-electron chi connectivity index (χ3n) is 5.70. The molecule has 0 aliphatic carbocycles. The van der Waals surface area contributed by atoms with E-state index in [-0.39, 0.29) is 12.6 Å². The van der Waals surface area contributed by atoms with Gasteiger partial charge in [-0.15, -0.1) is 0 Å². The second-order valence-electron chi connectivity index (χ2n) is 7.60. The van der Waals surface area contributed by atoms with Gasteiger partial charge in [0.1, 0.15) is 5.75 Å². The van der Waals surface area contributed by atoms with E-state index in [2.05, 4.69) is 57.0 Å². The zero-order valence-corrected chi connectivity index (χ0v) is 16.8. The minimum absolute atomic E-state index is 0.0674. The van der Waals surface area contributed by atoms with Crippen LogP contribution in [0.4, 0.5) is 0 Å². The Bertz CT molecular complexity index is 796. The molecule has 2 fully saturated rings. The number of morpholine rings is 1. The summed E-state index contributed by atoms with van der Waals surface area (Å²) in [5.41, 5.74) is 2.58. The Morgan fingerprint density at radius 2 is 1.86 bits per heavy atom. The summed E-state index contributed by atoms with van der Waals surface area (Å²) in [6.45, 7) is 5.49. The van der Waals surface area contributed by atoms with Crippen molar-refractivity contribution >= 4 is 5.97 Å². The van der Waals surface area contributed by atoms with E-state index in [0.717, 1.165) is 39.4 Å². The Kier molecular flexibility index (Phi) is 6.44. The highest BCUT2D eigenvalue weighted by molar-refractivity contribution is 5.70. The van der Waals surface area contributed by atoms with Gasteiger partial charge in [-0.2, -0.15) is 0 Å². The number of hydrogen-bond donors (Lipinski definition) is 0. The van der Waals surface area contributed by atoms with Crippen molar-refractivity contribution in [1.82, 2.24) is 9.80 Å². The molecule has 0 aromatic heterocycles. The Balaban J connectivity index is 1.32. The van der Waals surface area contributed by atoms with E-state index in [1.807, 2.05) is 12.1 Å². The highest BCUT2D eigenvalue weighted by atomic mass is 16.6. The van der Waals surface area contributed by atoms with Crippen LogP contribution in [0.1, 0.15) is 17.2 Å². The molecule has 0 spiro atoms. The predicted octanol–water partition coefficient (Wildman–Crippen LogP) is 2.50. The highest BCUT2D eigenvalue weighted by Crippen LogP contribution is 2.30. The largest absolute Gasteiger partial charge is 0.482 e. The van der Waals surface area contributed by atoms with Gasteiger partial charge in [0.2, 0.25) is 0 Å². The number of benzene rings is 2. The van der Waals surface area contributed by atoms with Crippen LogP contribution in [0.25, 0.3) is 0 Å². The molecule has 2 aliphatic rings. The maximum Gasteiger partial charge on any atom is 0.343 e. The minimum Gasteiger partial charge on any atom is -0.482 e. The van der Waals surface area contributed by atoms with Crippen molar-refractivity contribution in [2.24, 2.45) is 0 Å². The number of nitrogens with zero attached hydrogens (tertiary/aromatic N) is 2. The minimum atomic E-state index is -0.379. The van der Waals surface area contributed by atoms with E-state index >= 15 is 0 Å². The number of rotatable bonds is 6. The normalized spacial score (nSPS) is 22.7. The molecule has 6 heteroatoms. The molecule has 0 unspecified atom stereocenters. The number of piperazine rings is 1. The lowest BCUT2D eigenvalue weighted by molar-refractivity contribution is -0.142. The standard InChI is InChI=1S/C23H28N2O4/c1-27-23(26)17-29-21-9-7-18(8-10-21)13-24-11-12-25-20(14-24)15-28-16-22(25)19-5-3-2-4-6-19/h2-10,20,22H,11-17H2,1H3/t20-,22-/m1/s1. The summed E-state index contributed by atoms with van der Waals surface area (Å²) in [5.74, 6) is 0.297. The van der Waals surface area contributed by atoms with Crippen molar-refractivity contribution < 1.29 is 19.0 Å². The fourth-order valence-electron chi connectivity index (χ4n) is 4.16. The summed E-state index contributed by atoms with van der Waals surface area (Å²) in [5, 5.41) is 0. The molecule has 6 nitrogen and oxygen atoms in total. The summed E-state index contributed by atoms with van der Waals surface area (Å²) < 4.78 is 16.0. The molecular weight excluding hydrogens is 368 g/mol. The lowest BCUT2D eigenvalue weighted by atomic mass is 10.00. The molecule has 2 heterocycles. The van der Waals surface area contributed by atoms with Crippen LogP contribution in [-0.2, 0) is 20.8 Å². The first-order valence-electron chi connectivity index (χ1n) is 10.1. The molecule has 2 aromatic carbocycles. The zero-order valence-electron chi connectivity index (χ0n) is 16.8. The Morgan fingerprint density at radius 3 is 2.62 bits per heavy atom. The first-order valence-corrected chi connectivity index (χ1v) is 10.1. The van der Waals surface area contributed by atoms with E-state index in [9.17, 15) is 4.79 Å². The smallest absolute Gasteiger partial charge is 0.343 e. The second-order valence-corrected chi connectivity index (χ2v) is 7.60. The van der Waals surface area contributed by atoms with E-state index in [0.29, 0.717) is 17.8 Å². The third-order valence-corrected chi connectivity index (χ3v) is 5.70. The van der Waals surface area contributed by atoms with Crippen LogP contribution in [0.3, 0.4) is 0 Å². The lowest BCUT2D eigenvalue weighted by Gasteiger charge is -2.48. The first-order chi connectivity index (χ1) is 14.2. The monoisotopic (exact) mass is 396 g/mol. The lowest BCUT2D eigenvalue weighted by Crippen LogP contribution is -2.58. The van der Waals surface area contributed by atoms with Crippen LogP contribution in [0.5, 0.6) is 5.75 Å². The number of hydrogen-bond acceptors (Lipinski definition) is 6. The van der Waals surface area contributed by atoms with Crippen LogP contribution in [0.2, 0.25) is 0 Å². The molecule has 2 saturated heterocycles. The molecule has 29 heavy (non-hydrogen) atoms. The fraction of sp³-hybridized carbons (Fsp3) is 0.435. The van der Waals surface area contributed by atoms with Crippen molar-refractivity contribution in [3.8, 4) is 5.75 Å². The van der Waals surface area contributed by atoms with Crippen LogP contribution in [0.15, 0.2) is 54.6 Å². The summed E-state index contributed by atoms with van der Waals surface area (Å²) in [6, 6.07) is 19.4. The number of carbonyl (C=O) groups is 1. The van der Waals surface area contributed by atoms with Crippen LogP contribution < -0.4 is 4.74 Å². The van der Waals surface area contributed by atoms with Gasteiger partial charge in [0.05, 0.1) is 26.4 Å². The SMILES string of the molecule is COC(=O)COc1ccc(CN2CCN3[C@@H](COC[C@@H]3c3ccccc3)C2)cc1. The van der Waals surface area contributed by atoms with Crippen molar-refractivity contribution in [1.29, 1.82) is 0 Å². The van der Waals surface area contributed by atoms with Gasteiger partial charge < -0.3 is 14.2 Å². The molecule has 154 valence electrons. The van der Waals surface area contributed by atoms with Gasteiger partial charge in [-0.1, -0.05) is 42.5 Å². The summed E-state index contributed by atoms with van der Waals surface area (Å²) in [7, 11) is 1.36. The second kappa shape index (κ2) is 9.39. The van der Waals surface area contributed by atoms with E-state index in [1.54, 1.807) is 0 Å². The van der Waals surface area contributed by atoms with Crippen LogP contribution in [-0.4, -0.2) is 68.4 Å². The number of carbonyl (C=O) groups excluding carboxylic acids is 1. The fourth-order valence-corrected chi connectivity index (χ4v) is 4.16. The number of fused-ring (bicyclic) bond motifs is 1. The Morgan fingerprint density at radius 1 is 1.07 bits per heavy atom. The van der Waals surface area contributed by atoms with E-state index in [4.69, 9.17) is 9.47 Å². The first kappa shape index (κ1) is 19.9. The maximum atomic E-state index is 11.2. The van der Waals surface area contributed by atoms with Crippen LogP contribution in [0, 0.1) is 0 Å². The molecule has 2 aliphatic heterocycles. The van der Waals surface area contributed by atoms with Gasteiger partial charge in [0.15, 0.2) is 6.61 Å². The summed E-state index contributed by atoms with van der Waals surface area (Å²) in [6.07, 6.45) is 0. The average molecular weight is 396 g/mol. The number of esters is 1. The van der Waals surface area contributed by atoms with Crippen molar-refractivity contribution in [2.75, 3.05) is 46.6 Å². The Labute approximate surface area is 172 Å². The van der Waals surface area contributed by atoms with Gasteiger partial charge >= 0.3 is 5.97 Å². The molecule has 0 amide bonds. The van der Waals surface area contributed by atoms with Crippen molar-refractivity contribution in [3.05, 3.63) is 65.7 Å². The predicted molar refractivity (Wildman–Crippen MR) is 110 cm³/mol. The molecule has 0 N–H and O–H groups in total. The van der Waals surface area contributed by atoms with Gasteiger partial charge in [0.25, 0.3) is 0 Å². The quantitative estimate of drug-likeness (QED) is 0.700. The van der Waals surface area contributed by atoms with E-state index < -0.39 is 0 Å². The van der Waals surface area contributed by atoms with Gasteiger partial charge in [-0.3, -0.25) is 9.80 Å². The number of ether oxygens (including phenoxy) is 3. The molecule has 4 rings (SSSR count). The van der Waals surface area contributed by atoms with E-state index in [1.165, 1.54) is 18.2 Å². The molecule has 2 atom stereocenters. The van der Waals surface area contributed by atoms with Gasteiger partial charge in [-0.25, -0.2) is 4.79 Å². The molecule has 0 radical (unpaired) electrons. The molecule has 0 saturated carbocycles. The molecular formula is C23H28N2O4. The molecule has 2 aromatic rings. The van der Waals surface area contributed by atoms with Crippen molar-refractivity contribution in [2.45, 2.75) is 18.6 Å². The van der Waals surface area contributed by atoms with Crippen LogP contribution >= 0.6 is 0 Å². The van der Waals surface area contributed by atoms with Gasteiger partial charge in [0, 0.05) is 32.2 Å².